The van der Waals surface area contributed by atoms with Crippen molar-refractivity contribution < 1.29 is 13.9 Å². The van der Waals surface area contributed by atoms with Crippen LogP contribution >= 0.6 is 0 Å². The van der Waals surface area contributed by atoms with Crippen LogP contribution in [0.4, 0.5) is 4.39 Å². The van der Waals surface area contributed by atoms with Crippen LogP contribution in [0.2, 0.25) is 0 Å². The van der Waals surface area contributed by atoms with Crippen LogP contribution in [-0.4, -0.2) is 36.8 Å². The van der Waals surface area contributed by atoms with E-state index in [1.807, 2.05) is 12.1 Å². The van der Waals surface area contributed by atoms with Crippen LogP contribution in [-0.2, 0) is 13.6 Å². The molecule has 31 heavy (non-hydrogen) atoms. The fourth-order valence-electron chi connectivity index (χ4n) is 4.35. The summed E-state index contributed by atoms with van der Waals surface area (Å²) in [5, 5.41) is 1.05. The van der Waals surface area contributed by atoms with E-state index in [4.69, 9.17) is 9.47 Å². The number of nitrogens with zero attached hydrogens (tertiary/aromatic N) is 2. The number of fused-ring (bicyclic) bond motifs is 1. The minimum atomic E-state index is -0.429. The minimum absolute atomic E-state index is 0.230. The minimum Gasteiger partial charge on any atom is -0.496 e. The maximum Gasteiger partial charge on any atom is 0.258 e. The third-order valence-corrected chi connectivity index (χ3v) is 6.37. The summed E-state index contributed by atoms with van der Waals surface area (Å²) in [6.07, 6.45) is 1.78. The van der Waals surface area contributed by atoms with Gasteiger partial charge >= 0.3 is 0 Å². The zero-order valence-corrected chi connectivity index (χ0v) is 18.7. The van der Waals surface area contributed by atoms with E-state index in [1.54, 1.807) is 33.5 Å². The molecule has 1 aliphatic heterocycles. The lowest BCUT2D eigenvalue weighted by Gasteiger charge is -2.42. The Bertz CT molecular complexity index is 1150. The van der Waals surface area contributed by atoms with Crippen molar-refractivity contribution in [1.29, 1.82) is 0 Å². The number of methoxy groups -OCH3 is 2. The molecule has 0 N–H and O–H groups in total. The summed E-state index contributed by atoms with van der Waals surface area (Å²) >= 11 is 0. The van der Waals surface area contributed by atoms with Crippen molar-refractivity contribution in [2.24, 2.45) is 18.9 Å². The lowest BCUT2D eigenvalue weighted by molar-refractivity contribution is 0.0600. The van der Waals surface area contributed by atoms with Crippen molar-refractivity contribution in [3.63, 3.8) is 0 Å². The molecule has 1 aliphatic rings. The number of pyridine rings is 1. The second-order valence-electron chi connectivity index (χ2n) is 8.71. The monoisotopic (exact) mass is 424 g/mol. The van der Waals surface area contributed by atoms with Crippen molar-refractivity contribution in [2.45, 2.75) is 20.4 Å². The fourth-order valence-corrected chi connectivity index (χ4v) is 4.35. The predicted octanol–water partition coefficient (Wildman–Crippen LogP) is 4.45. The molecule has 1 fully saturated rings. The number of aromatic nitrogens is 1. The molecule has 164 valence electrons. The molecule has 1 saturated heterocycles. The van der Waals surface area contributed by atoms with E-state index >= 15 is 0 Å². The van der Waals surface area contributed by atoms with Gasteiger partial charge in [0.15, 0.2) is 0 Å². The van der Waals surface area contributed by atoms with Gasteiger partial charge in [0.25, 0.3) is 5.56 Å². The van der Waals surface area contributed by atoms with E-state index in [2.05, 4.69) is 18.7 Å². The van der Waals surface area contributed by atoms with E-state index in [0.29, 0.717) is 16.7 Å². The average Bonchev–Trinajstić information content (AvgIpc) is 2.72. The number of likely N-dealkylation sites (tertiary alicyclic amines) is 1. The Labute approximate surface area is 182 Å². The van der Waals surface area contributed by atoms with Crippen molar-refractivity contribution >= 4 is 10.8 Å². The Morgan fingerprint density at radius 3 is 2.29 bits per heavy atom. The molecule has 0 saturated carbocycles. The Morgan fingerprint density at radius 1 is 1.06 bits per heavy atom. The third kappa shape index (κ3) is 3.92. The van der Waals surface area contributed by atoms with Gasteiger partial charge in [0.05, 0.1) is 25.2 Å². The van der Waals surface area contributed by atoms with Gasteiger partial charge in [0, 0.05) is 38.4 Å². The van der Waals surface area contributed by atoms with Gasteiger partial charge in [-0.25, -0.2) is 4.39 Å². The lowest BCUT2D eigenvalue weighted by atomic mass is 9.88. The highest BCUT2D eigenvalue weighted by molar-refractivity contribution is 5.96. The quantitative estimate of drug-likeness (QED) is 0.586. The van der Waals surface area contributed by atoms with Crippen LogP contribution in [0, 0.1) is 17.7 Å². The Hall–Kier alpha value is -2.86. The number of rotatable bonds is 6. The number of hydrogen-bond donors (Lipinski definition) is 0. The van der Waals surface area contributed by atoms with Gasteiger partial charge in [-0.05, 0) is 47.1 Å². The van der Waals surface area contributed by atoms with Crippen LogP contribution in [0.25, 0.3) is 21.9 Å². The van der Waals surface area contributed by atoms with Crippen LogP contribution in [0.3, 0.4) is 0 Å². The van der Waals surface area contributed by atoms with E-state index in [-0.39, 0.29) is 5.56 Å². The zero-order chi connectivity index (χ0) is 22.3. The zero-order valence-electron chi connectivity index (χ0n) is 18.7. The van der Waals surface area contributed by atoms with E-state index in [0.717, 1.165) is 53.7 Å². The molecular formula is C25H29FN2O3. The Kier molecular flexibility index (Phi) is 5.75. The van der Waals surface area contributed by atoms with Gasteiger partial charge in [-0.15, -0.1) is 0 Å². The molecule has 3 aromatic rings. The van der Waals surface area contributed by atoms with Gasteiger partial charge in [0.1, 0.15) is 17.3 Å². The first-order valence-electron chi connectivity index (χ1n) is 10.6. The Morgan fingerprint density at radius 2 is 1.71 bits per heavy atom. The average molecular weight is 425 g/mol. The van der Waals surface area contributed by atoms with Crippen LogP contribution in [0.5, 0.6) is 11.5 Å². The van der Waals surface area contributed by atoms with Gasteiger partial charge in [0.2, 0.25) is 0 Å². The summed E-state index contributed by atoms with van der Waals surface area (Å²) < 4.78 is 26.8. The molecule has 0 unspecified atom stereocenters. The molecule has 2 aromatic carbocycles. The number of benzene rings is 2. The van der Waals surface area contributed by atoms with Gasteiger partial charge in [-0.2, -0.15) is 0 Å². The first-order valence-corrected chi connectivity index (χ1v) is 10.6. The number of aryl methyl sites for hydroxylation is 1. The van der Waals surface area contributed by atoms with Crippen LogP contribution in [0.15, 0.2) is 41.3 Å². The molecule has 0 atom stereocenters. The second-order valence-corrected chi connectivity index (χ2v) is 8.71. The SMILES string of the molecule is COc1cc(-c2cn(C)c(=O)c3cc(F)ccc23)cc(OC)c1CN1CC(C(C)C)C1. The van der Waals surface area contributed by atoms with Gasteiger partial charge in [-0.1, -0.05) is 19.9 Å². The first-order chi connectivity index (χ1) is 14.8. The van der Waals surface area contributed by atoms with Crippen LogP contribution < -0.4 is 15.0 Å². The highest BCUT2D eigenvalue weighted by Gasteiger charge is 2.30. The third-order valence-electron chi connectivity index (χ3n) is 6.37. The van der Waals surface area contributed by atoms with E-state index in [1.165, 1.54) is 16.7 Å². The predicted molar refractivity (Wildman–Crippen MR) is 121 cm³/mol. The maximum absolute atomic E-state index is 13.8. The van der Waals surface area contributed by atoms with Gasteiger partial charge < -0.3 is 14.0 Å². The highest BCUT2D eigenvalue weighted by atomic mass is 19.1. The summed E-state index contributed by atoms with van der Waals surface area (Å²) in [5.74, 6) is 2.47. The molecule has 0 aliphatic carbocycles. The summed E-state index contributed by atoms with van der Waals surface area (Å²) in [5.41, 5.74) is 2.46. The topological polar surface area (TPSA) is 43.7 Å². The summed E-state index contributed by atoms with van der Waals surface area (Å²) in [4.78, 5) is 14.9. The van der Waals surface area contributed by atoms with E-state index < -0.39 is 5.82 Å². The standard InChI is InChI=1S/C25H29FN2O3/c1-15(2)17-11-28(12-17)14-22-23(30-4)8-16(9-24(22)31-5)21-13-27(3)25(29)20-10-18(26)6-7-19(20)21/h6-10,13,15,17H,11-12,14H2,1-5H3. The number of halogens is 1. The van der Waals surface area contributed by atoms with Crippen molar-refractivity contribution in [2.75, 3.05) is 27.3 Å². The fraction of sp³-hybridized carbons (Fsp3) is 0.400. The first kappa shape index (κ1) is 21.4. The van der Waals surface area contributed by atoms with Crippen molar-refractivity contribution in [1.82, 2.24) is 9.47 Å². The van der Waals surface area contributed by atoms with Crippen LogP contribution in [0.1, 0.15) is 19.4 Å². The number of hydrogen-bond acceptors (Lipinski definition) is 4. The molecule has 0 spiro atoms. The molecule has 4 rings (SSSR count). The van der Waals surface area contributed by atoms with E-state index in [9.17, 15) is 9.18 Å². The largest absolute Gasteiger partial charge is 0.496 e. The molecule has 0 amide bonds. The molecule has 0 bridgehead atoms. The summed E-state index contributed by atoms with van der Waals surface area (Å²) in [6, 6.07) is 8.27. The maximum atomic E-state index is 13.8. The summed E-state index contributed by atoms with van der Waals surface area (Å²) in [7, 11) is 4.99. The van der Waals surface area contributed by atoms with Crippen molar-refractivity contribution in [3.05, 3.63) is 58.3 Å². The van der Waals surface area contributed by atoms with Gasteiger partial charge in [-0.3, -0.25) is 9.69 Å². The highest BCUT2D eigenvalue weighted by Crippen LogP contribution is 2.39. The molecule has 6 heteroatoms. The number of ether oxygens (including phenoxy) is 2. The molecule has 1 aromatic heterocycles. The Balaban J connectivity index is 1.79. The normalized spacial score (nSPS) is 14.8. The molecule has 2 heterocycles. The summed E-state index contributed by atoms with van der Waals surface area (Å²) in [6.45, 7) is 7.43. The molecule has 0 radical (unpaired) electrons. The molecular weight excluding hydrogens is 395 g/mol. The second kappa shape index (κ2) is 8.35. The molecule has 5 nitrogen and oxygen atoms in total. The van der Waals surface area contributed by atoms with Crippen molar-refractivity contribution in [3.8, 4) is 22.6 Å². The smallest absolute Gasteiger partial charge is 0.258 e. The lowest BCUT2D eigenvalue weighted by Crippen LogP contribution is -2.48.